The van der Waals surface area contributed by atoms with E-state index >= 15 is 0 Å². The fourth-order valence-corrected chi connectivity index (χ4v) is 3.64. The van der Waals surface area contributed by atoms with Crippen LogP contribution in [0.25, 0.3) is 0 Å². The Morgan fingerprint density at radius 1 is 1.00 bits per heavy atom. The lowest BCUT2D eigenvalue weighted by atomic mass is 9.79. The summed E-state index contributed by atoms with van der Waals surface area (Å²) in [4.78, 5) is 0. The first-order valence-electron chi connectivity index (χ1n) is 8.60. The molecule has 1 aliphatic rings. The smallest absolute Gasteiger partial charge is 0.126 e. The highest BCUT2D eigenvalue weighted by atomic mass is 19.1. The number of hydrogen-bond acceptors (Lipinski definition) is 0. The minimum atomic E-state index is -0.00965. The fourth-order valence-electron chi connectivity index (χ4n) is 3.64. The topological polar surface area (TPSA) is 0 Å². The molecule has 0 spiro atoms. The molecule has 116 valence electrons. The first-order chi connectivity index (χ1) is 10.7. The largest absolute Gasteiger partial charge is 0.207 e. The molecule has 0 saturated heterocycles. The molecule has 1 unspecified atom stereocenters. The van der Waals surface area contributed by atoms with Gasteiger partial charge in [0, 0.05) is 0 Å². The molecule has 0 fully saturated rings. The molecular weight excluding hydrogens is 271 g/mol. The third-order valence-electron chi connectivity index (χ3n) is 4.95. The van der Waals surface area contributed by atoms with Gasteiger partial charge in [-0.3, -0.25) is 0 Å². The van der Waals surface area contributed by atoms with Crippen LogP contribution in [0.15, 0.2) is 36.4 Å². The van der Waals surface area contributed by atoms with Gasteiger partial charge in [0.2, 0.25) is 0 Å². The second kappa shape index (κ2) is 6.64. The molecule has 1 aliphatic carbocycles. The molecule has 2 aromatic rings. The Morgan fingerprint density at radius 2 is 1.82 bits per heavy atom. The highest BCUT2D eigenvalue weighted by molar-refractivity contribution is 5.38. The minimum Gasteiger partial charge on any atom is -0.207 e. The van der Waals surface area contributed by atoms with Crippen molar-refractivity contribution < 1.29 is 4.39 Å². The Balaban J connectivity index is 1.82. The Kier molecular flexibility index (Phi) is 4.61. The average molecular weight is 296 g/mol. The Labute approximate surface area is 133 Å². The molecule has 22 heavy (non-hydrogen) atoms. The second-order valence-electron chi connectivity index (χ2n) is 6.50. The van der Waals surface area contributed by atoms with Crippen molar-refractivity contribution in [3.8, 4) is 0 Å². The van der Waals surface area contributed by atoms with Crippen LogP contribution in [0.4, 0.5) is 4.39 Å². The zero-order valence-electron chi connectivity index (χ0n) is 13.7. The summed E-state index contributed by atoms with van der Waals surface area (Å²) in [6.45, 7) is 4.33. The van der Waals surface area contributed by atoms with Crippen molar-refractivity contribution in [3.05, 3.63) is 70.0 Å². The van der Waals surface area contributed by atoms with Crippen molar-refractivity contribution in [1.29, 1.82) is 0 Å². The molecule has 0 saturated carbocycles. The van der Waals surface area contributed by atoms with Crippen molar-refractivity contribution in [2.24, 2.45) is 0 Å². The van der Waals surface area contributed by atoms with E-state index in [0.29, 0.717) is 5.92 Å². The molecule has 0 nitrogen and oxygen atoms in total. The monoisotopic (exact) mass is 296 g/mol. The maximum absolute atomic E-state index is 14.5. The van der Waals surface area contributed by atoms with Gasteiger partial charge in [-0.15, -0.1) is 0 Å². The molecule has 0 bridgehead atoms. The maximum atomic E-state index is 14.5. The summed E-state index contributed by atoms with van der Waals surface area (Å²) in [6, 6.07) is 12.7. The van der Waals surface area contributed by atoms with Crippen LogP contribution in [0.2, 0.25) is 0 Å². The van der Waals surface area contributed by atoms with Crippen molar-refractivity contribution in [2.45, 2.75) is 58.3 Å². The second-order valence-corrected chi connectivity index (χ2v) is 6.50. The highest BCUT2D eigenvalue weighted by Crippen LogP contribution is 2.34. The summed E-state index contributed by atoms with van der Waals surface area (Å²) in [7, 11) is 0. The van der Waals surface area contributed by atoms with Crippen LogP contribution in [-0.2, 0) is 25.7 Å². The number of aryl methyl sites for hydroxylation is 3. The predicted octanol–water partition coefficient (Wildman–Crippen LogP) is 5.61. The number of benzene rings is 2. The third kappa shape index (κ3) is 3.09. The van der Waals surface area contributed by atoms with Gasteiger partial charge in [0.25, 0.3) is 0 Å². The number of fused-ring (bicyclic) bond motifs is 1. The van der Waals surface area contributed by atoms with E-state index in [4.69, 9.17) is 0 Å². The van der Waals surface area contributed by atoms with E-state index in [1.165, 1.54) is 16.7 Å². The standard InChI is InChI=1S/C21H25F/c1-3-5-16-7-11-20(21(22)13-16)19-10-9-17-12-15(4-2)6-8-18(17)14-19/h6-8,11-13,19H,3-5,9-10,14H2,1-2H3. The summed E-state index contributed by atoms with van der Waals surface area (Å²) in [6.07, 6.45) is 6.22. The van der Waals surface area contributed by atoms with Crippen LogP contribution in [-0.4, -0.2) is 0 Å². The molecule has 1 heteroatoms. The lowest BCUT2D eigenvalue weighted by Crippen LogP contribution is -2.14. The van der Waals surface area contributed by atoms with E-state index in [-0.39, 0.29) is 5.82 Å². The van der Waals surface area contributed by atoms with E-state index in [1.807, 2.05) is 6.07 Å². The molecule has 3 rings (SSSR count). The predicted molar refractivity (Wildman–Crippen MR) is 91.0 cm³/mol. The fraction of sp³-hybridized carbons (Fsp3) is 0.429. The first-order valence-corrected chi connectivity index (χ1v) is 8.60. The SMILES string of the molecule is CCCc1ccc(C2CCc3cc(CC)ccc3C2)c(F)c1. The minimum absolute atomic E-state index is 0.00965. The Bertz CT molecular complexity index is 657. The van der Waals surface area contributed by atoms with Crippen LogP contribution in [0.5, 0.6) is 0 Å². The van der Waals surface area contributed by atoms with Crippen LogP contribution in [0.3, 0.4) is 0 Å². The summed E-state index contributed by atoms with van der Waals surface area (Å²) in [5, 5.41) is 0. The average Bonchev–Trinajstić information content (AvgIpc) is 2.54. The van der Waals surface area contributed by atoms with Gasteiger partial charge in [-0.1, -0.05) is 50.6 Å². The summed E-state index contributed by atoms with van der Waals surface area (Å²) < 4.78 is 14.5. The quantitative estimate of drug-likeness (QED) is 0.687. The molecular formula is C21H25F. The molecule has 0 aliphatic heterocycles. The van der Waals surface area contributed by atoms with Crippen LogP contribution < -0.4 is 0 Å². The molecule has 0 heterocycles. The van der Waals surface area contributed by atoms with Gasteiger partial charge in [-0.2, -0.15) is 0 Å². The zero-order chi connectivity index (χ0) is 15.5. The van der Waals surface area contributed by atoms with Gasteiger partial charge >= 0.3 is 0 Å². The van der Waals surface area contributed by atoms with E-state index < -0.39 is 0 Å². The van der Waals surface area contributed by atoms with Gasteiger partial charge in [-0.25, -0.2) is 4.39 Å². The van der Waals surface area contributed by atoms with E-state index in [9.17, 15) is 4.39 Å². The Hall–Kier alpha value is -1.63. The maximum Gasteiger partial charge on any atom is 0.126 e. The van der Waals surface area contributed by atoms with Gasteiger partial charge in [0.05, 0.1) is 0 Å². The summed E-state index contributed by atoms with van der Waals surface area (Å²) >= 11 is 0. The molecule has 0 N–H and O–H groups in total. The number of rotatable bonds is 4. The molecule has 1 atom stereocenters. The van der Waals surface area contributed by atoms with Gasteiger partial charge in [0.15, 0.2) is 0 Å². The van der Waals surface area contributed by atoms with E-state index in [1.54, 1.807) is 6.07 Å². The van der Waals surface area contributed by atoms with Gasteiger partial charge in [-0.05, 0) is 71.9 Å². The zero-order valence-corrected chi connectivity index (χ0v) is 13.7. The summed E-state index contributed by atoms with van der Waals surface area (Å²) in [5.74, 6) is 0.320. The number of hydrogen-bond donors (Lipinski definition) is 0. The van der Waals surface area contributed by atoms with Crippen molar-refractivity contribution in [3.63, 3.8) is 0 Å². The Morgan fingerprint density at radius 3 is 2.55 bits per heavy atom. The van der Waals surface area contributed by atoms with Crippen molar-refractivity contribution >= 4 is 0 Å². The molecule has 2 aromatic carbocycles. The lowest BCUT2D eigenvalue weighted by Gasteiger charge is -2.26. The van der Waals surface area contributed by atoms with Crippen molar-refractivity contribution in [1.82, 2.24) is 0 Å². The summed E-state index contributed by atoms with van der Waals surface area (Å²) in [5.41, 5.74) is 6.31. The highest BCUT2D eigenvalue weighted by Gasteiger charge is 2.22. The lowest BCUT2D eigenvalue weighted by molar-refractivity contribution is 0.532. The van der Waals surface area contributed by atoms with Crippen LogP contribution in [0.1, 0.15) is 60.4 Å². The van der Waals surface area contributed by atoms with Gasteiger partial charge in [0.1, 0.15) is 5.82 Å². The molecule has 0 radical (unpaired) electrons. The molecule has 0 aromatic heterocycles. The first kappa shape index (κ1) is 15.3. The van der Waals surface area contributed by atoms with Crippen LogP contribution in [0, 0.1) is 5.82 Å². The van der Waals surface area contributed by atoms with E-state index in [2.05, 4.69) is 38.1 Å². The van der Waals surface area contributed by atoms with Crippen molar-refractivity contribution in [2.75, 3.05) is 0 Å². The van der Waals surface area contributed by atoms with Gasteiger partial charge < -0.3 is 0 Å². The normalized spacial score (nSPS) is 17.3. The molecule has 0 amide bonds. The third-order valence-corrected chi connectivity index (χ3v) is 4.95. The van der Waals surface area contributed by atoms with Crippen LogP contribution >= 0.6 is 0 Å². The van der Waals surface area contributed by atoms with E-state index in [0.717, 1.165) is 49.7 Å². The number of halogens is 1.